The Morgan fingerprint density at radius 2 is 2.00 bits per heavy atom. The Balaban J connectivity index is 2.66. The van der Waals surface area contributed by atoms with Gasteiger partial charge in [-0.1, -0.05) is 20.3 Å². The molecule has 1 aliphatic rings. The smallest absolute Gasteiger partial charge is 0.125 e. The molecule has 0 saturated heterocycles. The number of methoxy groups -OCH3 is 1. The van der Waals surface area contributed by atoms with Crippen LogP contribution in [-0.2, 0) is 4.74 Å². The second-order valence-electron chi connectivity index (χ2n) is 4.89. The molecule has 1 N–H and O–H groups in total. The third-order valence-electron chi connectivity index (χ3n) is 3.59. The van der Waals surface area contributed by atoms with Crippen molar-refractivity contribution < 1.29 is 4.74 Å². The van der Waals surface area contributed by atoms with Gasteiger partial charge in [0.1, 0.15) is 5.72 Å². The zero-order chi connectivity index (χ0) is 10.8. The third-order valence-corrected chi connectivity index (χ3v) is 3.59. The molecule has 2 unspecified atom stereocenters. The summed E-state index contributed by atoms with van der Waals surface area (Å²) < 4.78 is 5.71. The lowest BCUT2D eigenvalue weighted by Crippen LogP contribution is -2.43. The van der Waals surface area contributed by atoms with E-state index in [-0.39, 0.29) is 5.72 Å². The van der Waals surface area contributed by atoms with Crippen LogP contribution in [0.15, 0.2) is 0 Å². The van der Waals surface area contributed by atoms with E-state index in [2.05, 4.69) is 33.0 Å². The fraction of sp³-hybridized carbons (Fsp3) is 1.00. The zero-order valence-electron chi connectivity index (χ0n) is 10.3. The molecule has 1 fully saturated rings. The van der Waals surface area contributed by atoms with Gasteiger partial charge in [0, 0.05) is 25.0 Å². The Labute approximate surface area is 88.4 Å². The summed E-state index contributed by atoms with van der Waals surface area (Å²) in [6.45, 7) is 8.90. The molecule has 0 aromatic rings. The molecule has 0 spiro atoms. The Kier molecular flexibility index (Phi) is 3.59. The van der Waals surface area contributed by atoms with Crippen LogP contribution in [0.5, 0.6) is 0 Å². The summed E-state index contributed by atoms with van der Waals surface area (Å²) in [6, 6.07) is 0.500. The second-order valence-corrected chi connectivity index (χ2v) is 4.89. The zero-order valence-corrected chi connectivity index (χ0v) is 10.3. The van der Waals surface area contributed by atoms with Gasteiger partial charge in [-0.15, -0.1) is 0 Å². The molecular weight excluding hydrogens is 174 g/mol. The highest BCUT2D eigenvalue weighted by molar-refractivity contribution is 5.14. The summed E-state index contributed by atoms with van der Waals surface area (Å²) in [5.41, 5.74) is 0.382. The van der Waals surface area contributed by atoms with Crippen LogP contribution in [0, 0.1) is 5.41 Å². The Morgan fingerprint density at radius 1 is 1.36 bits per heavy atom. The van der Waals surface area contributed by atoms with Crippen molar-refractivity contribution in [1.29, 1.82) is 0 Å². The van der Waals surface area contributed by atoms with E-state index >= 15 is 0 Å². The predicted molar refractivity (Wildman–Crippen MR) is 60.3 cm³/mol. The first kappa shape index (κ1) is 12.0. The van der Waals surface area contributed by atoms with Crippen molar-refractivity contribution in [3.05, 3.63) is 0 Å². The fourth-order valence-corrected chi connectivity index (χ4v) is 2.81. The molecule has 0 bridgehead atoms. The summed E-state index contributed by atoms with van der Waals surface area (Å²) in [5, 5.41) is 3.58. The van der Waals surface area contributed by atoms with Gasteiger partial charge >= 0.3 is 0 Å². The van der Waals surface area contributed by atoms with Crippen molar-refractivity contribution in [3.8, 4) is 0 Å². The molecule has 0 amide bonds. The van der Waals surface area contributed by atoms with Crippen molar-refractivity contribution in [2.24, 2.45) is 5.41 Å². The lowest BCUT2D eigenvalue weighted by atomic mass is 9.95. The molecule has 84 valence electrons. The van der Waals surface area contributed by atoms with Crippen LogP contribution in [0.3, 0.4) is 0 Å². The van der Waals surface area contributed by atoms with Gasteiger partial charge in [0.25, 0.3) is 0 Å². The van der Waals surface area contributed by atoms with Gasteiger partial charge in [-0.2, -0.15) is 0 Å². The average molecular weight is 199 g/mol. The van der Waals surface area contributed by atoms with Crippen LogP contribution in [0.1, 0.15) is 53.4 Å². The van der Waals surface area contributed by atoms with E-state index in [1.165, 1.54) is 25.7 Å². The van der Waals surface area contributed by atoms with Gasteiger partial charge in [-0.25, -0.2) is 0 Å². The van der Waals surface area contributed by atoms with E-state index in [1.807, 2.05) is 7.11 Å². The van der Waals surface area contributed by atoms with Crippen molar-refractivity contribution in [2.75, 3.05) is 7.11 Å². The lowest BCUT2D eigenvalue weighted by Gasteiger charge is -2.26. The molecule has 2 atom stereocenters. The van der Waals surface area contributed by atoms with E-state index in [0.29, 0.717) is 11.5 Å². The van der Waals surface area contributed by atoms with Gasteiger partial charge in [0.05, 0.1) is 0 Å². The lowest BCUT2D eigenvalue weighted by molar-refractivity contribution is 0.00183. The minimum Gasteiger partial charge on any atom is -0.363 e. The molecular formula is C12H25NO. The van der Waals surface area contributed by atoms with Gasteiger partial charge in [0.2, 0.25) is 0 Å². The standard InChI is InChI=1S/C12H25NO/c1-6-8-11(7-2)9-12(11,14-5)13-10(3)4/h10,13H,6-9H2,1-5H3. The Hall–Kier alpha value is -0.0800. The third kappa shape index (κ3) is 1.82. The number of nitrogens with one attached hydrogen (secondary N) is 1. The first-order chi connectivity index (χ1) is 6.56. The largest absolute Gasteiger partial charge is 0.363 e. The van der Waals surface area contributed by atoms with Crippen molar-refractivity contribution in [3.63, 3.8) is 0 Å². The van der Waals surface area contributed by atoms with Gasteiger partial charge in [-0.05, 0) is 26.7 Å². The molecule has 1 rings (SSSR count). The maximum atomic E-state index is 5.71. The number of ether oxygens (including phenoxy) is 1. The van der Waals surface area contributed by atoms with Crippen LogP contribution in [0.25, 0.3) is 0 Å². The summed E-state index contributed by atoms with van der Waals surface area (Å²) in [6.07, 6.45) is 4.92. The Morgan fingerprint density at radius 3 is 2.36 bits per heavy atom. The van der Waals surface area contributed by atoms with Gasteiger partial charge < -0.3 is 4.74 Å². The highest BCUT2D eigenvalue weighted by Gasteiger charge is 2.66. The average Bonchev–Trinajstić information content (AvgIpc) is 2.74. The number of hydrogen-bond donors (Lipinski definition) is 1. The normalized spacial score (nSPS) is 36.4. The fourth-order valence-electron chi connectivity index (χ4n) is 2.81. The second kappa shape index (κ2) is 4.19. The Bertz CT molecular complexity index is 193. The summed E-state index contributed by atoms with van der Waals surface area (Å²) >= 11 is 0. The molecule has 0 aliphatic heterocycles. The van der Waals surface area contributed by atoms with Crippen molar-refractivity contribution in [2.45, 2.75) is 65.1 Å². The summed E-state index contributed by atoms with van der Waals surface area (Å²) in [7, 11) is 1.84. The van der Waals surface area contributed by atoms with Gasteiger partial charge in [-0.3, -0.25) is 5.32 Å². The number of hydrogen-bond acceptors (Lipinski definition) is 2. The first-order valence-corrected chi connectivity index (χ1v) is 5.88. The van der Waals surface area contributed by atoms with E-state index in [9.17, 15) is 0 Å². The highest BCUT2D eigenvalue weighted by Crippen LogP contribution is 2.62. The number of rotatable bonds is 6. The minimum absolute atomic E-state index is 0.0219. The van der Waals surface area contributed by atoms with Crippen molar-refractivity contribution in [1.82, 2.24) is 5.32 Å². The maximum absolute atomic E-state index is 5.71. The molecule has 0 aromatic heterocycles. The van der Waals surface area contributed by atoms with E-state index in [1.54, 1.807) is 0 Å². The first-order valence-electron chi connectivity index (χ1n) is 5.88. The van der Waals surface area contributed by atoms with E-state index < -0.39 is 0 Å². The maximum Gasteiger partial charge on any atom is 0.125 e. The molecule has 0 heterocycles. The summed E-state index contributed by atoms with van der Waals surface area (Å²) in [5.74, 6) is 0. The SMILES string of the molecule is CCCC1(CC)CC1(NC(C)C)OC. The molecule has 14 heavy (non-hydrogen) atoms. The molecule has 0 radical (unpaired) electrons. The van der Waals surface area contributed by atoms with Crippen LogP contribution in [0.2, 0.25) is 0 Å². The molecule has 1 aliphatic carbocycles. The quantitative estimate of drug-likeness (QED) is 0.664. The molecule has 2 nitrogen and oxygen atoms in total. The molecule has 2 heteroatoms. The van der Waals surface area contributed by atoms with Crippen LogP contribution >= 0.6 is 0 Å². The van der Waals surface area contributed by atoms with E-state index in [4.69, 9.17) is 4.74 Å². The van der Waals surface area contributed by atoms with Crippen LogP contribution < -0.4 is 5.32 Å². The monoisotopic (exact) mass is 199 g/mol. The van der Waals surface area contributed by atoms with E-state index in [0.717, 1.165) is 0 Å². The van der Waals surface area contributed by atoms with Gasteiger partial charge in [0.15, 0.2) is 0 Å². The van der Waals surface area contributed by atoms with Crippen LogP contribution in [0.4, 0.5) is 0 Å². The topological polar surface area (TPSA) is 21.3 Å². The summed E-state index contributed by atoms with van der Waals surface area (Å²) in [4.78, 5) is 0. The molecule has 1 saturated carbocycles. The molecule has 0 aromatic carbocycles. The predicted octanol–water partition coefficient (Wildman–Crippen LogP) is 2.93. The van der Waals surface area contributed by atoms with Crippen LogP contribution in [-0.4, -0.2) is 18.9 Å². The van der Waals surface area contributed by atoms with Crippen molar-refractivity contribution >= 4 is 0 Å². The highest BCUT2D eigenvalue weighted by atomic mass is 16.5. The minimum atomic E-state index is -0.0219.